The van der Waals surface area contributed by atoms with Gasteiger partial charge in [0, 0.05) is 13.3 Å². The molecule has 13 heavy (non-hydrogen) atoms. The van der Waals surface area contributed by atoms with E-state index in [9.17, 15) is 0 Å². The van der Waals surface area contributed by atoms with Crippen molar-refractivity contribution in [2.24, 2.45) is 0 Å². The standard InChI is InChI=1S/C9H15NO2Si/c1-11-7-12-8-6-10-5-4-9(8)13(2)3/h4-6,13H,7H2,1-3H3. The van der Waals surface area contributed by atoms with Crippen molar-refractivity contribution in [2.45, 2.75) is 13.1 Å². The van der Waals surface area contributed by atoms with Crippen LogP contribution in [0.2, 0.25) is 13.1 Å². The van der Waals surface area contributed by atoms with E-state index in [0.29, 0.717) is 6.79 Å². The molecule has 1 rings (SSSR count). The molecule has 0 N–H and O–H groups in total. The summed E-state index contributed by atoms with van der Waals surface area (Å²) < 4.78 is 10.2. The fraction of sp³-hybridized carbons (Fsp3) is 0.444. The molecule has 0 radical (unpaired) electrons. The summed E-state index contributed by atoms with van der Waals surface area (Å²) in [5.74, 6) is 0.867. The van der Waals surface area contributed by atoms with E-state index in [1.807, 2.05) is 12.3 Å². The number of hydrogen-bond donors (Lipinski definition) is 0. The van der Waals surface area contributed by atoms with Gasteiger partial charge >= 0.3 is 0 Å². The highest BCUT2D eigenvalue weighted by Gasteiger charge is 2.07. The van der Waals surface area contributed by atoms with Crippen LogP contribution in [-0.4, -0.2) is 27.7 Å². The Morgan fingerprint density at radius 2 is 2.23 bits per heavy atom. The Hall–Kier alpha value is -0.873. The summed E-state index contributed by atoms with van der Waals surface area (Å²) in [6.07, 6.45) is 3.56. The number of methoxy groups -OCH3 is 1. The van der Waals surface area contributed by atoms with Crippen LogP contribution in [0.4, 0.5) is 0 Å². The van der Waals surface area contributed by atoms with Crippen LogP contribution in [0.1, 0.15) is 0 Å². The predicted octanol–water partition coefficient (Wildman–Crippen LogP) is 0.758. The molecule has 3 nitrogen and oxygen atoms in total. The Balaban J connectivity index is 2.78. The van der Waals surface area contributed by atoms with E-state index in [1.165, 1.54) is 5.19 Å². The number of aromatic nitrogens is 1. The maximum absolute atomic E-state index is 5.40. The van der Waals surface area contributed by atoms with Crippen LogP contribution >= 0.6 is 0 Å². The van der Waals surface area contributed by atoms with Gasteiger partial charge in [0.05, 0.1) is 15.0 Å². The quantitative estimate of drug-likeness (QED) is 0.527. The number of nitrogens with zero attached hydrogens (tertiary/aromatic N) is 1. The topological polar surface area (TPSA) is 31.4 Å². The summed E-state index contributed by atoms with van der Waals surface area (Å²) in [6.45, 7) is 4.81. The van der Waals surface area contributed by atoms with E-state index >= 15 is 0 Å². The first-order valence-electron chi connectivity index (χ1n) is 4.31. The highest BCUT2D eigenvalue weighted by Crippen LogP contribution is 2.05. The van der Waals surface area contributed by atoms with Gasteiger partial charge in [0.25, 0.3) is 0 Å². The largest absolute Gasteiger partial charge is 0.466 e. The van der Waals surface area contributed by atoms with E-state index in [-0.39, 0.29) is 0 Å². The van der Waals surface area contributed by atoms with Gasteiger partial charge in [-0.1, -0.05) is 13.1 Å². The first kappa shape index (κ1) is 10.2. The lowest BCUT2D eigenvalue weighted by Gasteiger charge is -2.11. The molecule has 72 valence electrons. The van der Waals surface area contributed by atoms with Crippen molar-refractivity contribution in [3.05, 3.63) is 18.5 Å². The van der Waals surface area contributed by atoms with Gasteiger partial charge in [-0.3, -0.25) is 4.98 Å². The third-order valence-corrected chi connectivity index (χ3v) is 3.49. The van der Waals surface area contributed by atoms with Crippen molar-refractivity contribution in [1.29, 1.82) is 0 Å². The fourth-order valence-electron chi connectivity index (χ4n) is 1.11. The van der Waals surface area contributed by atoms with Crippen molar-refractivity contribution in [3.63, 3.8) is 0 Å². The zero-order chi connectivity index (χ0) is 9.68. The molecule has 0 aliphatic carbocycles. The summed E-state index contributed by atoms with van der Waals surface area (Å²) in [6, 6.07) is 2.03. The molecule has 0 saturated heterocycles. The van der Waals surface area contributed by atoms with Crippen molar-refractivity contribution in [3.8, 4) is 5.75 Å². The van der Waals surface area contributed by atoms with Crippen molar-refractivity contribution in [2.75, 3.05) is 13.9 Å². The van der Waals surface area contributed by atoms with Crippen molar-refractivity contribution in [1.82, 2.24) is 4.98 Å². The molecule has 0 unspecified atom stereocenters. The van der Waals surface area contributed by atoms with E-state index in [0.717, 1.165) is 5.75 Å². The van der Waals surface area contributed by atoms with Gasteiger partial charge in [-0.2, -0.15) is 0 Å². The van der Waals surface area contributed by atoms with E-state index in [1.54, 1.807) is 13.3 Å². The summed E-state index contributed by atoms with van der Waals surface area (Å²) in [7, 11) is 0.783. The Kier molecular flexibility index (Phi) is 3.92. The highest BCUT2D eigenvalue weighted by atomic mass is 28.3. The smallest absolute Gasteiger partial charge is 0.188 e. The van der Waals surface area contributed by atoms with Crippen LogP contribution in [0.3, 0.4) is 0 Å². The average Bonchev–Trinajstić information content (AvgIpc) is 2.15. The lowest BCUT2D eigenvalue weighted by molar-refractivity contribution is 0.0516. The molecule has 0 aliphatic rings. The minimum absolute atomic E-state index is 0.291. The summed E-state index contributed by atoms with van der Waals surface area (Å²) in [5.41, 5.74) is 0. The second-order valence-corrected chi connectivity index (χ2v) is 6.05. The summed E-state index contributed by atoms with van der Waals surface area (Å²) in [5, 5.41) is 1.30. The molecule has 1 aromatic rings. The highest BCUT2D eigenvalue weighted by molar-refractivity contribution is 6.71. The van der Waals surface area contributed by atoms with Crippen LogP contribution < -0.4 is 9.92 Å². The SMILES string of the molecule is COCOc1cnccc1[SiH](C)C. The lowest BCUT2D eigenvalue weighted by atomic mass is 10.4. The average molecular weight is 197 g/mol. The summed E-state index contributed by atoms with van der Waals surface area (Å²) >= 11 is 0. The maximum atomic E-state index is 5.40. The van der Waals surface area contributed by atoms with E-state index in [2.05, 4.69) is 18.1 Å². The first-order chi connectivity index (χ1) is 6.25. The van der Waals surface area contributed by atoms with Gasteiger partial charge < -0.3 is 9.47 Å². The molecule has 4 heteroatoms. The lowest BCUT2D eigenvalue weighted by Crippen LogP contribution is -2.25. The Labute approximate surface area is 80.3 Å². The minimum Gasteiger partial charge on any atom is -0.466 e. The Bertz CT molecular complexity index is 266. The molecule has 0 aromatic carbocycles. The van der Waals surface area contributed by atoms with Gasteiger partial charge in [-0.25, -0.2) is 0 Å². The Morgan fingerprint density at radius 1 is 1.46 bits per heavy atom. The maximum Gasteiger partial charge on any atom is 0.188 e. The summed E-state index contributed by atoms with van der Waals surface area (Å²) in [4.78, 5) is 4.02. The number of ether oxygens (including phenoxy) is 2. The van der Waals surface area contributed by atoms with Gasteiger partial charge in [-0.05, 0) is 11.3 Å². The molecule has 0 bridgehead atoms. The molecular formula is C9H15NO2Si. The second kappa shape index (κ2) is 4.99. The van der Waals surface area contributed by atoms with Crippen LogP contribution in [0, 0.1) is 0 Å². The molecule has 0 atom stereocenters. The molecule has 1 aromatic heterocycles. The predicted molar refractivity (Wildman–Crippen MR) is 55.3 cm³/mol. The zero-order valence-electron chi connectivity index (χ0n) is 8.28. The number of hydrogen-bond acceptors (Lipinski definition) is 3. The Morgan fingerprint density at radius 3 is 2.85 bits per heavy atom. The molecule has 1 heterocycles. The third kappa shape index (κ3) is 2.82. The van der Waals surface area contributed by atoms with Gasteiger partial charge in [0.15, 0.2) is 6.79 Å². The van der Waals surface area contributed by atoms with Crippen molar-refractivity contribution >= 4 is 14.0 Å². The fourth-order valence-corrected chi connectivity index (χ4v) is 2.31. The molecule has 0 saturated carbocycles. The normalized spacial score (nSPS) is 10.5. The zero-order valence-corrected chi connectivity index (χ0v) is 9.43. The first-order valence-corrected chi connectivity index (χ1v) is 7.20. The second-order valence-electron chi connectivity index (χ2n) is 3.12. The molecule has 0 amide bonds. The number of rotatable bonds is 4. The monoisotopic (exact) mass is 197 g/mol. The van der Waals surface area contributed by atoms with Crippen molar-refractivity contribution < 1.29 is 9.47 Å². The van der Waals surface area contributed by atoms with Crippen LogP contribution in [0.25, 0.3) is 0 Å². The van der Waals surface area contributed by atoms with Gasteiger partial charge in [-0.15, -0.1) is 0 Å². The molecule has 0 spiro atoms. The molecule has 0 aliphatic heterocycles. The third-order valence-electron chi connectivity index (χ3n) is 1.77. The van der Waals surface area contributed by atoms with Crippen LogP contribution in [0.5, 0.6) is 5.75 Å². The molecular weight excluding hydrogens is 182 g/mol. The minimum atomic E-state index is -0.831. The van der Waals surface area contributed by atoms with Gasteiger partial charge in [0.1, 0.15) is 5.75 Å². The van der Waals surface area contributed by atoms with Crippen LogP contribution in [-0.2, 0) is 4.74 Å². The van der Waals surface area contributed by atoms with E-state index in [4.69, 9.17) is 9.47 Å². The number of pyridine rings is 1. The molecule has 0 fully saturated rings. The van der Waals surface area contributed by atoms with Gasteiger partial charge in [0.2, 0.25) is 0 Å². The van der Waals surface area contributed by atoms with Crippen LogP contribution in [0.15, 0.2) is 18.5 Å². The van der Waals surface area contributed by atoms with E-state index < -0.39 is 8.80 Å².